The third-order valence-electron chi connectivity index (χ3n) is 11.7. The number of rotatable bonds is 12. The van der Waals surface area contributed by atoms with E-state index in [1.807, 2.05) is 63.2 Å². The molecule has 90 heavy (non-hydrogen) atoms. The van der Waals surface area contributed by atoms with E-state index in [0.717, 1.165) is 47.5 Å². The minimum absolute atomic E-state index is 0.0556. The molecule has 0 aliphatic rings. The van der Waals surface area contributed by atoms with Crippen LogP contribution >= 0.6 is 34.8 Å². The summed E-state index contributed by atoms with van der Waals surface area (Å²) in [5, 5.41) is 112. The number of phenolic OH excluding ortho intramolecular Hbond substituents is 8. The van der Waals surface area contributed by atoms with Gasteiger partial charge >= 0.3 is 0 Å². The Bertz CT molecular complexity index is 3660. The van der Waals surface area contributed by atoms with Gasteiger partial charge in [-0.2, -0.15) is 0 Å². The Kier molecular flexibility index (Phi) is 36.6. The average molecular weight is 1280 g/mol. The largest absolute Gasteiger partial charge is 0.507 e. The molecule has 0 amide bonds. The first kappa shape index (κ1) is 78.2. The monoisotopic (exact) mass is 1280 g/mol. The molecule has 0 atom stereocenters. The summed E-state index contributed by atoms with van der Waals surface area (Å²) in [7, 11) is 3.26. The van der Waals surface area contributed by atoms with Gasteiger partial charge in [-0.3, -0.25) is 15.0 Å². The first-order chi connectivity index (χ1) is 42.5. The van der Waals surface area contributed by atoms with Gasteiger partial charge in [-0.25, -0.2) is 0 Å². The van der Waals surface area contributed by atoms with Gasteiger partial charge in [0.25, 0.3) is 0 Å². The van der Waals surface area contributed by atoms with Crippen LogP contribution in [0.5, 0.6) is 51.7 Å². The second kappa shape index (κ2) is 42.1. The molecular formula is C70H81Cl3N8O9. The van der Waals surface area contributed by atoms with Crippen molar-refractivity contribution < 1.29 is 45.6 Å². The number of aromatic hydroxyl groups is 8. The Morgan fingerprint density at radius 2 is 0.844 bits per heavy atom. The molecule has 17 nitrogen and oxygen atoms in total. The fourth-order valence-corrected chi connectivity index (χ4v) is 7.79. The number of nitrogens with one attached hydrogen (secondary N) is 5. The highest BCUT2D eigenvalue weighted by Crippen LogP contribution is 2.30. The summed E-state index contributed by atoms with van der Waals surface area (Å²) in [5.41, 5.74) is 8.44. The smallest absolute Gasteiger partial charge is 0.127 e. The van der Waals surface area contributed by atoms with E-state index in [4.69, 9.17) is 71.7 Å². The number of hydrogen-bond donors (Lipinski definition) is 13. The predicted molar refractivity (Wildman–Crippen MR) is 373 cm³/mol. The molecule has 8 aromatic rings. The number of para-hydroxylation sites is 4. The average Bonchev–Trinajstić information content (AvgIpc) is 2.75. The van der Waals surface area contributed by atoms with Crippen molar-refractivity contribution in [2.75, 3.05) is 27.2 Å². The van der Waals surface area contributed by atoms with Crippen molar-refractivity contribution in [2.45, 2.75) is 68.7 Å². The number of benzene rings is 8. The normalized spacial score (nSPS) is 10.1. The third-order valence-corrected chi connectivity index (χ3v) is 12.5. The molecule has 476 valence electrons. The van der Waals surface area contributed by atoms with Crippen LogP contribution in [0.1, 0.15) is 112 Å². The molecule has 0 bridgehead atoms. The standard InChI is InChI=1S/C10H13NO.C9H11NO2.3C9H11NO.C8H7Cl2NO.C8H8ClNO.C8H9NO/c1-2-7-11-8-9-5-3-4-6-10(9)12;1-6(10)8-5-7(12-2)3-4-9(8)11;1-6-3-4-9(11)8(5-6)7(2)10;1-7(10-2)8-5-3-4-6-9(8)11;1-2-10-7-8-5-3-4-6-9(8)11;1-4(11)8-6(10)2-5(9)3-7(8)12;1-5(10)7-4-6(9)2-3-8(7)11;1-6(9)7-4-2-3-5-8(7)10/h3-6,8,12H,2,7H2,1H3;3-5,10-11H,1-2H3;3-5,10-11H,1-2H3;3-6,11H,1-2H3;3-7,11H,2H2,1H3;2-3,11-12H,1H3;2-4,10-11H,1H3;2-5,9-10H,1H3. The number of hydrogen-bond acceptors (Lipinski definition) is 17. The maximum absolute atomic E-state index is 9.33. The Balaban J connectivity index is 0.000000515. The van der Waals surface area contributed by atoms with Crippen LogP contribution in [-0.4, -0.2) is 115 Å². The quantitative estimate of drug-likeness (QED) is 0.0516. The van der Waals surface area contributed by atoms with Gasteiger partial charge in [0, 0.05) is 116 Å². The van der Waals surface area contributed by atoms with Crippen LogP contribution in [0.4, 0.5) is 0 Å². The van der Waals surface area contributed by atoms with Crippen molar-refractivity contribution in [3.63, 3.8) is 0 Å². The predicted octanol–water partition coefficient (Wildman–Crippen LogP) is 17.1. The van der Waals surface area contributed by atoms with Crippen LogP contribution in [0, 0.1) is 34.0 Å². The van der Waals surface area contributed by atoms with Crippen LogP contribution in [0.15, 0.2) is 179 Å². The molecule has 0 aromatic heterocycles. The number of ether oxygens (including phenoxy) is 1. The number of halogens is 3. The van der Waals surface area contributed by atoms with E-state index < -0.39 is 0 Å². The summed E-state index contributed by atoms with van der Waals surface area (Å²) in [6, 6.07) is 45.9. The van der Waals surface area contributed by atoms with E-state index in [1.54, 1.807) is 158 Å². The zero-order chi connectivity index (χ0) is 68.0. The van der Waals surface area contributed by atoms with E-state index in [2.05, 4.69) is 21.9 Å². The van der Waals surface area contributed by atoms with Gasteiger partial charge in [0.2, 0.25) is 0 Å². The Hall–Kier alpha value is -9.81. The highest BCUT2D eigenvalue weighted by Gasteiger charge is 2.10. The van der Waals surface area contributed by atoms with Crippen LogP contribution in [0.2, 0.25) is 15.1 Å². The number of aliphatic imine (C=N–C) groups is 3. The van der Waals surface area contributed by atoms with Crippen molar-refractivity contribution in [1.29, 1.82) is 27.0 Å². The Labute approximate surface area is 542 Å². The summed E-state index contributed by atoms with van der Waals surface area (Å²) in [6.45, 7) is 17.5. The van der Waals surface area contributed by atoms with Gasteiger partial charge in [-0.05, 0) is 171 Å². The fraction of sp³-hybridized carbons (Fsp3) is 0.200. The molecule has 0 aliphatic heterocycles. The lowest BCUT2D eigenvalue weighted by molar-refractivity contribution is 0.412. The topological polar surface area (TPSA) is 327 Å². The molecular weight excluding hydrogens is 1200 g/mol. The Morgan fingerprint density at radius 3 is 1.23 bits per heavy atom. The molecule has 0 radical (unpaired) electrons. The molecule has 13 N–H and O–H groups in total. The fourth-order valence-electron chi connectivity index (χ4n) is 7.00. The third kappa shape index (κ3) is 29.3. The summed E-state index contributed by atoms with van der Waals surface area (Å²) < 4.78 is 4.95. The lowest BCUT2D eigenvalue weighted by Gasteiger charge is -2.04. The molecule has 0 saturated heterocycles. The van der Waals surface area contributed by atoms with Crippen LogP contribution in [0.25, 0.3) is 0 Å². The van der Waals surface area contributed by atoms with Gasteiger partial charge in [-0.15, -0.1) is 0 Å². The first-order valence-electron chi connectivity index (χ1n) is 27.7. The maximum atomic E-state index is 9.33. The summed E-state index contributed by atoms with van der Waals surface area (Å²) in [5.74, 6) is 2.02. The molecule has 0 fully saturated rings. The number of phenols is 8. The van der Waals surface area contributed by atoms with Gasteiger partial charge < -0.3 is 72.6 Å². The molecule has 8 aromatic carbocycles. The molecule has 8 rings (SSSR count). The van der Waals surface area contributed by atoms with Crippen molar-refractivity contribution >= 4 is 81.5 Å². The molecule has 0 unspecified atom stereocenters. The summed E-state index contributed by atoms with van der Waals surface area (Å²) >= 11 is 17.0. The van der Waals surface area contributed by atoms with Crippen molar-refractivity contribution in [1.82, 2.24) is 0 Å². The lowest BCUT2D eigenvalue weighted by Crippen LogP contribution is -1.93. The van der Waals surface area contributed by atoms with Crippen LogP contribution < -0.4 is 4.74 Å². The van der Waals surface area contributed by atoms with E-state index in [1.165, 1.54) is 24.3 Å². The molecule has 0 saturated carbocycles. The second-order valence-electron chi connectivity index (χ2n) is 19.1. The van der Waals surface area contributed by atoms with Gasteiger partial charge in [-0.1, -0.05) is 102 Å². The SMILES string of the molecule is CC(=N)c1c(O)cc(Cl)cc1Cl.CC(=N)c1cc(C)ccc1O.CC(=N)c1cc(Cl)ccc1O.CC(=N)c1ccccc1O.CCCN=Cc1ccccc1O.CCN=Cc1ccccc1O.CN=C(C)c1ccccc1O.COc1ccc(O)c(C(C)=N)c1. The van der Waals surface area contributed by atoms with Gasteiger partial charge in [0.05, 0.1) is 17.7 Å². The van der Waals surface area contributed by atoms with Crippen molar-refractivity contribution in [3.8, 4) is 51.7 Å². The maximum Gasteiger partial charge on any atom is 0.127 e. The molecule has 0 spiro atoms. The van der Waals surface area contributed by atoms with E-state index in [-0.39, 0.29) is 51.7 Å². The molecule has 20 heteroatoms. The second-order valence-corrected chi connectivity index (χ2v) is 20.4. The first-order valence-corrected chi connectivity index (χ1v) is 28.8. The Morgan fingerprint density at radius 1 is 0.433 bits per heavy atom. The number of methoxy groups -OCH3 is 1. The zero-order valence-electron chi connectivity index (χ0n) is 52.3. The summed E-state index contributed by atoms with van der Waals surface area (Å²) in [4.78, 5) is 12.1. The highest BCUT2D eigenvalue weighted by atomic mass is 35.5. The van der Waals surface area contributed by atoms with E-state index in [9.17, 15) is 35.7 Å². The minimum Gasteiger partial charge on any atom is -0.507 e. The van der Waals surface area contributed by atoms with Crippen molar-refractivity contribution in [3.05, 3.63) is 229 Å². The van der Waals surface area contributed by atoms with Gasteiger partial charge in [0.1, 0.15) is 51.7 Å². The molecule has 0 heterocycles. The van der Waals surface area contributed by atoms with E-state index in [0.29, 0.717) is 71.5 Å². The summed E-state index contributed by atoms with van der Waals surface area (Å²) in [6.07, 6.45) is 4.41. The zero-order valence-corrected chi connectivity index (χ0v) is 54.6. The van der Waals surface area contributed by atoms with Crippen molar-refractivity contribution in [2.24, 2.45) is 15.0 Å². The van der Waals surface area contributed by atoms with Crippen LogP contribution in [0.3, 0.4) is 0 Å². The van der Waals surface area contributed by atoms with E-state index >= 15 is 0 Å². The highest BCUT2D eigenvalue weighted by molar-refractivity contribution is 6.37. The number of aryl methyl sites for hydroxylation is 1. The number of nitrogens with zero attached hydrogens (tertiary/aromatic N) is 3. The lowest BCUT2D eigenvalue weighted by atomic mass is 10.1. The molecule has 0 aliphatic carbocycles. The minimum atomic E-state index is -0.0556. The van der Waals surface area contributed by atoms with Crippen LogP contribution in [-0.2, 0) is 0 Å². The van der Waals surface area contributed by atoms with Gasteiger partial charge in [0.15, 0.2) is 0 Å².